The third-order valence-corrected chi connectivity index (χ3v) is 6.15. The second kappa shape index (κ2) is 11.1. The molecule has 0 radical (unpaired) electrons. The molecule has 2 aromatic rings. The molecule has 2 atom stereocenters. The zero-order valence-corrected chi connectivity index (χ0v) is 20.9. The van der Waals surface area contributed by atoms with Gasteiger partial charge in [0, 0.05) is 48.8 Å². The lowest BCUT2D eigenvalue weighted by molar-refractivity contribution is -0.131. The van der Waals surface area contributed by atoms with Crippen molar-refractivity contribution in [2.24, 2.45) is 0 Å². The normalized spacial score (nSPS) is 18.8. The lowest BCUT2D eigenvalue weighted by atomic mass is 9.82. The summed E-state index contributed by atoms with van der Waals surface area (Å²) in [6.07, 6.45) is 5.48. The standard InChI is InChI=1S/C28H32F3N3O2/c1-5-33-15-21(14-32)19-7-8-22-20(13-19)10-17(2)34(16-28(3,4)31)27(22)26-23(29)11-18(12-24(26)30)6-9-25(35)36/h6-9,11-15,17,27,32-33H,5,10,16H2,1-4H3,(H,35,36)/b9-6+,21-15+,32-14?/t17-,27?/m1/s1. The van der Waals surface area contributed by atoms with Crippen LogP contribution >= 0.6 is 0 Å². The zero-order chi connectivity index (χ0) is 26.6. The molecule has 8 heteroatoms. The Balaban J connectivity index is 2.18. The lowest BCUT2D eigenvalue weighted by Crippen LogP contribution is -2.48. The Morgan fingerprint density at radius 2 is 1.92 bits per heavy atom. The summed E-state index contributed by atoms with van der Waals surface area (Å²) in [6, 6.07) is 6.59. The maximum atomic E-state index is 15.5. The van der Waals surface area contributed by atoms with Gasteiger partial charge in [-0.15, -0.1) is 0 Å². The molecule has 0 aliphatic carbocycles. The van der Waals surface area contributed by atoms with Crippen LogP contribution in [0, 0.1) is 17.0 Å². The highest BCUT2D eigenvalue weighted by atomic mass is 19.1. The number of carbonyl (C=O) groups is 1. The molecular formula is C28H32F3N3O2. The SMILES string of the molecule is CCN/C=C(\C=N)c1ccc2c(c1)C[C@@H](C)N(CC(C)(C)F)C2c1c(F)cc(/C=C/C(=O)O)cc1F. The Hall–Kier alpha value is -3.39. The van der Waals surface area contributed by atoms with Crippen molar-refractivity contribution in [3.8, 4) is 0 Å². The summed E-state index contributed by atoms with van der Waals surface area (Å²) in [6.45, 7) is 7.38. The Labute approximate surface area is 209 Å². The Kier molecular flexibility index (Phi) is 8.40. The molecular weight excluding hydrogens is 467 g/mol. The molecule has 0 amide bonds. The van der Waals surface area contributed by atoms with E-state index in [1.54, 1.807) is 23.2 Å². The summed E-state index contributed by atoms with van der Waals surface area (Å²) in [7, 11) is 0. The maximum Gasteiger partial charge on any atom is 0.328 e. The highest BCUT2D eigenvalue weighted by Crippen LogP contribution is 2.42. The molecule has 0 bridgehead atoms. The van der Waals surface area contributed by atoms with E-state index in [2.05, 4.69) is 5.32 Å². The van der Waals surface area contributed by atoms with Crippen molar-refractivity contribution in [1.29, 1.82) is 5.41 Å². The van der Waals surface area contributed by atoms with Crippen LogP contribution in [0.3, 0.4) is 0 Å². The number of hydrogen-bond donors (Lipinski definition) is 3. The van der Waals surface area contributed by atoms with Crippen molar-refractivity contribution in [2.45, 2.75) is 51.9 Å². The highest BCUT2D eigenvalue weighted by Gasteiger charge is 2.39. The second-order valence-electron chi connectivity index (χ2n) is 9.63. The first-order valence-corrected chi connectivity index (χ1v) is 11.9. The van der Waals surface area contributed by atoms with Crippen LogP contribution in [0.4, 0.5) is 13.2 Å². The first-order valence-electron chi connectivity index (χ1n) is 11.9. The molecule has 192 valence electrons. The van der Waals surface area contributed by atoms with Gasteiger partial charge in [0.05, 0.1) is 6.04 Å². The topological polar surface area (TPSA) is 76.4 Å². The predicted octanol–water partition coefficient (Wildman–Crippen LogP) is 5.75. The predicted molar refractivity (Wildman–Crippen MR) is 137 cm³/mol. The Morgan fingerprint density at radius 3 is 2.47 bits per heavy atom. The van der Waals surface area contributed by atoms with Gasteiger partial charge in [-0.3, -0.25) is 4.90 Å². The highest BCUT2D eigenvalue weighted by molar-refractivity contribution is 6.08. The van der Waals surface area contributed by atoms with Gasteiger partial charge in [0.15, 0.2) is 0 Å². The van der Waals surface area contributed by atoms with E-state index < -0.39 is 29.3 Å². The van der Waals surface area contributed by atoms with Crippen LogP contribution in [0.2, 0.25) is 0 Å². The van der Waals surface area contributed by atoms with E-state index >= 15 is 8.78 Å². The first kappa shape index (κ1) is 27.2. The van der Waals surface area contributed by atoms with E-state index in [9.17, 15) is 9.18 Å². The molecule has 1 aliphatic rings. The molecule has 0 spiro atoms. The number of halogens is 3. The fourth-order valence-electron chi connectivity index (χ4n) is 4.65. The molecule has 5 nitrogen and oxygen atoms in total. The largest absolute Gasteiger partial charge is 0.478 e. The van der Waals surface area contributed by atoms with Crippen LogP contribution in [-0.4, -0.2) is 47.0 Å². The Bertz CT molecular complexity index is 1180. The molecule has 1 unspecified atom stereocenters. The van der Waals surface area contributed by atoms with Crippen LogP contribution in [-0.2, 0) is 11.2 Å². The van der Waals surface area contributed by atoms with Crippen LogP contribution in [0.15, 0.2) is 42.6 Å². The number of carboxylic acid groups (broad SMARTS) is 1. The van der Waals surface area contributed by atoms with Crippen molar-refractivity contribution in [1.82, 2.24) is 10.2 Å². The summed E-state index contributed by atoms with van der Waals surface area (Å²) in [4.78, 5) is 12.6. The zero-order valence-electron chi connectivity index (χ0n) is 20.9. The average molecular weight is 500 g/mol. The second-order valence-corrected chi connectivity index (χ2v) is 9.63. The first-order chi connectivity index (χ1) is 16.9. The number of allylic oxidation sites excluding steroid dienone is 1. The molecule has 0 saturated heterocycles. The number of fused-ring (bicyclic) bond motifs is 1. The van der Waals surface area contributed by atoms with Crippen molar-refractivity contribution in [3.05, 3.63) is 82.1 Å². The molecule has 2 aromatic carbocycles. The molecule has 3 N–H and O–H groups in total. The van der Waals surface area contributed by atoms with Crippen LogP contribution in [0.1, 0.15) is 61.6 Å². The van der Waals surface area contributed by atoms with Gasteiger partial charge in [-0.1, -0.05) is 18.2 Å². The van der Waals surface area contributed by atoms with Crippen LogP contribution in [0.25, 0.3) is 11.6 Å². The van der Waals surface area contributed by atoms with Gasteiger partial charge in [0.1, 0.15) is 17.3 Å². The third-order valence-electron chi connectivity index (χ3n) is 6.15. The van der Waals surface area contributed by atoms with Gasteiger partial charge in [-0.2, -0.15) is 0 Å². The minimum Gasteiger partial charge on any atom is -0.478 e. The summed E-state index contributed by atoms with van der Waals surface area (Å²) in [5.41, 5.74) is 1.27. The van der Waals surface area contributed by atoms with Crippen LogP contribution in [0.5, 0.6) is 0 Å². The minimum absolute atomic E-state index is 0.0361. The Morgan fingerprint density at radius 1 is 1.25 bits per heavy atom. The van der Waals surface area contributed by atoms with E-state index in [4.69, 9.17) is 10.5 Å². The fourth-order valence-corrected chi connectivity index (χ4v) is 4.65. The number of nitrogens with zero attached hydrogens (tertiary/aromatic N) is 1. The number of aliphatic carboxylic acids is 1. The summed E-state index contributed by atoms with van der Waals surface area (Å²) in [5, 5.41) is 19.7. The van der Waals surface area contributed by atoms with E-state index in [1.807, 2.05) is 19.9 Å². The summed E-state index contributed by atoms with van der Waals surface area (Å²) < 4.78 is 45.8. The molecule has 1 aliphatic heterocycles. The number of alkyl halides is 1. The van der Waals surface area contributed by atoms with E-state index in [-0.39, 0.29) is 23.7 Å². The third kappa shape index (κ3) is 6.23. The fraction of sp³-hybridized carbons (Fsp3) is 0.357. The number of nitrogens with one attached hydrogen (secondary N) is 2. The van der Waals surface area contributed by atoms with Crippen molar-refractivity contribution >= 4 is 23.8 Å². The number of carboxylic acids is 1. The van der Waals surface area contributed by atoms with E-state index in [0.29, 0.717) is 24.1 Å². The molecule has 0 saturated carbocycles. The number of benzene rings is 2. The number of rotatable bonds is 9. The van der Waals surface area contributed by atoms with Gasteiger partial charge in [0.25, 0.3) is 0 Å². The molecule has 36 heavy (non-hydrogen) atoms. The lowest BCUT2D eigenvalue weighted by Gasteiger charge is -2.44. The van der Waals surface area contributed by atoms with Crippen molar-refractivity contribution in [2.75, 3.05) is 13.1 Å². The molecule has 0 fully saturated rings. The maximum absolute atomic E-state index is 15.5. The van der Waals surface area contributed by atoms with Gasteiger partial charge >= 0.3 is 5.97 Å². The van der Waals surface area contributed by atoms with Gasteiger partial charge in [-0.05, 0) is 74.6 Å². The summed E-state index contributed by atoms with van der Waals surface area (Å²) >= 11 is 0. The molecule has 0 aromatic heterocycles. The summed E-state index contributed by atoms with van der Waals surface area (Å²) in [5.74, 6) is -2.89. The quantitative estimate of drug-likeness (QED) is 0.304. The van der Waals surface area contributed by atoms with Gasteiger partial charge in [0.2, 0.25) is 0 Å². The van der Waals surface area contributed by atoms with Crippen LogP contribution < -0.4 is 5.32 Å². The minimum atomic E-state index is -1.61. The monoisotopic (exact) mass is 499 g/mol. The van der Waals surface area contributed by atoms with Crippen molar-refractivity contribution in [3.63, 3.8) is 0 Å². The van der Waals surface area contributed by atoms with E-state index in [0.717, 1.165) is 35.4 Å². The van der Waals surface area contributed by atoms with Crippen molar-refractivity contribution < 1.29 is 23.1 Å². The smallest absolute Gasteiger partial charge is 0.328 e. The van der Waals surface area contributed by atoms with Gasteiger partial charge in [-0.25, -0.2) is 18.0 Å². The average Bonchev–Trinajstić information content (AvgIpc) is 2.78. The van der Waals surface area contributed by atoms with E-state index in [1.165, 1.54) is 20.1 Å². The molecule has 3 rings (SSSR count). The van der Waals surface area contributed by atoms with Gasteiger partial charge < -0.3 is 15.8 Å². The number of hydrogen-bond acceptors (Lipinski definition) is 4. The molecule has 1 heterocycles.